The molecule has 0 fully saturated rings. The number of carbonyl (C=O) groups excluding carboxylic acids is 2. The smallest absolute Gasteiger partial charge is 0.374 e. The van der Waals surface area contributed by atoms with E-state index in [4.69, 9.17) is 25.2 Å². The van der Waals surface area contributed by atoms with Crippen LogP contribution in [-0.4, -0.2) is 51.4 Å². The van der Waals surface area contributed by atoms with E-state index in [0.717, 1.165) is 31.6 Å². The molecule has 0 N–H and O–H groups in total. The van der Waals surface area contributed by atoms with Gasteiger partial charge in [-0.3, -0.25) is 9.10 Å². The fraction of sp³-hybridized carbons (Fsp3) is 0.333. The first-order valence-electron chi connectivity index (χ1n) is 17.2. The van der Waals surface area contributed by atoms with Crippen molar-refractivity contribution >= 4 is 55.8 Å². The summed E-state index contributed by atoms with van der Waals surface area (Å²) in [6, 6.07) is 20.7. The lowest BCUT2D eigenvalue weighted by Gasteiger charge is -2.31. The normalized spacial score (nSPS) is 11.5. The summed E-state index contributed by atoms with van der Waals surface area (Å²) in [7, 11) is -4.16. The highest BCUT2D eigenvalue weighted by Crippen LogP contribution is 2.35. The van der Waals surface area contributed by atoms with Crippen LogP contribution in [0.15, 0.2) is 92.8 Å². The van der Waals surface area contributed by atoms with Crippen molar-refractivity contribution in [2.24, 2.45) is 0 Å². The predicted octanol–water partition coefficient (Wildman–Crippen LogP) is 8.85. The van der Waals surface area contributed by atoms with Gasteiger partial charge in [0.1, 0.15) is 11.3 Å². The molecular weight excluding hydrogens is 690 g/mol. The minimum absolute atomic E-state index is 0.0318. The van der Waals surface area contributed by atoms with Crippen LogP contribution in [0.1, 0.15) is 78.3 Å². The number of carbonyl (C=O) groups is 2. The molecule has 0 saturated carbocycles. The zero-order valence-electron chi connectivity index (χ0n) is 29.6. The van der Waals surface area contributed by atoms with Gasteiger partial charge in [0.05, 0.1) is 40.6 Å². The van der Waals surface area contributed by atoms with Crippen molar-refractivity contribution in [1.82, 2.24) is 4.90 Å². The molecule has 0 aliphatic carbocycles. The lowest BCUT2D eigenvalue weighted by atomic mass is 10.1. The van der Waals surface area contributed by atoms with Gasteiger partial charge in [-0.25, -0.2) is 13.2 Å². The number of benzene rings is 3. The third kappa shape index (κ3) is 8.10. The largest absolute Gasteiger partial charge is 0.467 e. The fourth-order valence-corrected chi connectivity index (χ4v) is 7.95. The molecule has 0 aliphatic heterocycles. The second-order valence-electron chi connectivity index (χ2n) is 12.1. The van der Waals surface area contributed by atoms with Crippen LogP contribution in [0.2, 0.25) is 5.02 Å². The average molecular weight is 734 g/mol. The first-order chi connectivity index (χ1) is 24.5. The average Bonchev–Trinajstić information content (AvgIpc) is 3.76. The van der Waals surface area contributed by atoms with Crippen LogP contribution < -0.4 is 9.21 Å². The summed E-state index contributed by atoms with van der Waals surface area (Å²) in [6.45, 7) is 11.5. The third-order valence-corrected chi connectivity index (χ3v) is 10.8. The second-order valence-corrected chi connectivity index (χ2v) is 14.4. The summed E-state index contributed by atoms with van der Waals surface area (Å²) in [4.78, 5) is 30.6. The standard InChI is InChI=1S/C39H44ClN3O7S/c1-6-20-41(21-7-2)29-16-18-35(28(23-29)25-42(26-30-13-12-22-49-30)38(44)32-14-10-11-15-34(32)40)43(8-3)51(46,47)31-17-19-36-33(24-31)27(5)37(50-36)39(45)48-9-4/h10-19,22-24H,6-9,20-21,25-26H2,1-5H3. The molecule has 0 atom stereocenters. The van der Waals surface area contributed by atoms with Crippen molar-refractivity contribution < 1.29 is 31.6 Å². The Morgan fingerprint density at radius 1 is 0.882 bits per heavy atom. The second kappa shape index (κ2) is 16.5. The molecule has 51 heavy (non-hydrogen) atoms. The Labute approximate surface area is 304 Å². The van der Waals surface area contributed by atoms with E-state index in [2.05, 4.69) is 18.7 Å². The van der Waals surface area contributed by atoms with Crippen molar-refractivity contribution in [2.45, 2.75) is 65.4 Å². The van der Waals surface area contributed by atoms with Gasteiger partial charge in [0, 0.05) is 42.8 Å². The molecule has 5 rings (SSSR count). The summed E-state index contributed by atoms with van der Waals surface area (Å²) in [5.41, 5.74) is 3.19. The lowest BCUT2D eigenvalue weighted by molar-refractivity contribution is 0.0491. The van der Waals surface area contributed by atoms with E-state index in [1.54, 1.807) is 74.4 Å². The van der Waals surface area contributed by atoms with E-state index in [9.17, 15) is 18.0 Å². The lowest BCUT2D eigenvalue weighted by Crippen LogP contribution is -2.34. The molecule has 2 heterocycles. The SMILES string of the molecule is CCCN(CCC)c1ccc(N(CC)S(=O)(=O)c2ccc3oc(C(=O)OCC)c(C)c3c2)c(CN(Cc2ccco2)C(=O)c2ccccc2Cl)c1. The number of sulfonamides is 1. The number of aryl methyl sites for hydroxylation is 1. The molecule has 1 amide bonds. The number of hydrogen-bond donors (Lipinski definition) is 0. The van der Waals surface area contributed by atoms with E-state index in [-0.39, 0.29) is 42.8 Å². The summed E-state index contributed by atoms with van der Waals surface area (Å²) in [5.74, 6) is -0.328. The van der Waals surface area contributed by atoms with Crippen molar-refractivity contribution in [3.63, 3.8) is 0 Å². The third-order valence-electron chi connectivity index (χ3n) is 8.61. The Hall–Kier alpha value is -4.74. The predicted molar refractivity (Wildman–Crippen MR) is 200 cm³/mol. The van der Waals surface area contributed by atoms with Gasteiger partial charge in [-0.15, -0.1) is 0 Å². The summed E-state index contributed by atoms with van der Waals surface area (Å²) in [6.07, 6.45) is 3.40. The molecular formula is C39H44ClN3O7S. The van der Waals surface area contributed by atoms with Crippen LogP contribution >= 0.6 is 11.6 Å². The number of rotatable bonds is 16. The molecule has 270 valence electrons. The van der Waals surface area contributed by atoms with Gasteiger partial charge in [-0.05, 0) is 99.8 Å². The summed E-state index contributed by atoms with van der Waals surface area (Å²) < 4.78 is 47.0. The van der Waals surface area contributed by atoms with Gasteiger partial charge in [0.25, 0.3) is 15.9 Å². The van der Waals surface area contributed by atoms with Crippen molar-refractivity contribution in [1.29, 1.82) is 0 Å². The van der Waals surface area contributed by atoms with Crippen LogP contribution in [0.5, 0.6) is 0 Å². The van der Waals surface area contributed by atoms with E-state index in [1.165, 1.54) is 16.4 Å². The molecule has 10 nitrogen and oxygen atoms in total. The number of esters is 1. The van der Waals surface area contributed by atoms with E-state index in [1.807, 2.05) is 18.2 Å². The van der Waals surface area contributed by atoms with Gasteiger partial charge in [-0.1, -0.05) is 37.6 Å². The van der Waals surface area contributed by atoms with Gasteiger partial charge in [-0.2, -0.15) is 0 Å². The number of hydrogen-bond acceptors (Lipinski definition) is 8. The minimum Gasteiger partial charge on any atom is -0.467 e. The summed E-state index contributed by atoms with van der Waals surface area (Å²) >= 11 is 6.51. The molecule has 12 heteroatoms. The molecule has 0 saturated heterocycles. The fourth-order valence-electron chi connectivity index (χ4n) is 6.20. The Bertz CT molecular complexity index is 2090. The Morgan fingerprint density at radius 3 is 2.27 bits per heavy atom. The van der Waals surface area contributed by atoms with Crippen LogP contribution in [0.3, 0.4) is 0 Å². The maximum atomic E-state index is 14.6. The van der Waals surface area contributed by atoms with Crippen LogP contribution in [0, 0.1) is 6.92 Å². The number of anilines is 2. The van der Waals surface area contributed by atoms with Gasteiger partial charge in [0.2, 0.25) is 5.76 Å². The first kappa shape index (κ1) is 37.5. The van der Waals surface area contributed by atoms with Crippen LogP contribution in [0.25, 0.3) is 11.0 Å². The zero-order valence-corrected chi connectivity index (χ0v) is 31.2. The maximum Gasteiger partial charge on any atom is 0.374 e. The first-order valence-corrected chi connectivity index (χ1v) is 19.0. The number of fused-ring (bicyclic) bond motifs is 1. The van der Waals surface area contributed by atoms with Crippen molar-refractivity contribution in [3.8, 4) is 0 Å². The monoisotopic (exact) mass is 733 g/mol. The molecule has 0 unspecified atom stereocenters. The van der Waals surface area contributed by atoms with E-state index in [0.29, 0.717) is 44.1 Å². The Balaban J connectivity index is 1.63. The topological polar surface area (TPSA) is 114 Å². The zero-order chi connectivity index (χ0) is 36.7. The molecule has 0 radical (unpaired) electrons. The van der Waals surface area contributed by atoms with Gasteiger partial charge in [0.15, 0.2) is 0 Å². The number of nitrogens with zero attached hydrogens (tertiary/aromatic N) is 3. The number of amides is 1. The highest BCUT2D eigenvalue weighted by atomic mass is 35.5. The highest BCUT2D eigenvalue weighted by molar-refractivity contribution is 7.92. The molecule has 3 aromatic carbocycles. The number of ether oxygens (including phenoxy) is 1. The molecule has 0 bridgehead atoms. The van der Waals surface area contributed by atoms with E-state index < -0.39 is 16.0 Å². The molecule has 0 spiro atoms. The molecule has 5 aromatic rings. The Morgan fingerprint density at radius 2 is 1.63 bits per heavy atom. The number of halogens is 1. The minimum atomic E-state index is -4.16. The van der Waals surface area contributed by atoms with Crippen molar-refractivity contribution in [2.75, 3.05) is 35.4 Å². The Kier molecular flexibility index (Phi) is 12.2. The molecule has 2 aromatic heterocycles. The van der Waals surface area contributed by atoms with Crippen LogP contribution in [0.4, 0.5) is 11.4 Å². The quantitative estimate of drug-likeness (QED) is 0.0925. The van der Waals surface area contributed by atoms with Crippen LogP contribution in [-0.2, 0) is 27.8 Å². The number of furan rings is 2. The van der Waals surface area contributed by atoms with Crippen molar-refractivity contribution in [3.05, 3.63) is 112 Å². The molecule has 0 aliphatic rings. The summed E-state index contributed by atoms with van der Waals surface area (Å²) in [5, 5.41) is 0.808. The van der Waals surface area contributed by atoms with E-state index >= 15 is 0 Å². The maximum absolute atomic E-state index is 14.6. The van der Waals surface area contributed by atoms with Gasteiger partial charge < -0.3 is 23.4 Å². The highest BCUT2D eigenvalue weighted by Gasteiger charge is 2.30. The van der Waals surface area contributed by atoms with Gasteiger partial charge >= 0.3 is 5.97 Å².